The number of ether oxygens (including phenoxy) is 1. The van der Waals surface area contributed by atoms with E-state index in [0.717, 1.165) is 5.75 Å². The van der Waals surface area contributed by atoms with Crippen LogP contribution in [-0.2, 0) is 0 Å². The molecule has 1 aromatic rings. The number of likely N-dealkylation sites (tertiary alicyclic amines) is 1. The first-order chi connectivity index (χ1) is 8.33. The second-order valence-corrected chi connectivity index (χ2v) is 4.92. The van der Waals surface area contributed by atoms with Gasteiger partial charge in [0.05, 0.1) is 7.11 Å². The summed E-state index contributed by atoms with van der Waals surface area (Å²) in [5.74, 6) is 1.67. The van der Waals surface area contributed by atoms with Gasteiger partial charge in [-0.05, 0) is 56.0 Å². The highest BCUT2D eigenvalue weighted by Crippen LogP contribution is 2.28. The Balaban J connectivity index is 0.00000162. The predicted octanol–water partition coefficient (Wildman–Crippen LogP) is 3.71. The van der Waals surface area contributed by atoms with E-state index in [2.05, 4.69) is 30.0 Å². The average Bonchev–Trinajstić information content (AvgIpc) is 2.40. The van der Waals surface area contributed by atoms with Crippen LogP contribution in [0.1, 0.15) is 37.7 Å². The lowest BCUT2D eigenvalue weighted by Gasteiger charge is -2.32. The maximum absolute atomic E-state index is 5.31. The molecule has 0 bridgehead atoms. The molecule has 1 atom stereocenters. The fraction of sp³-hybridized carbons (Fsp3) is 0.600. The first-order valence-corrected chi connectivity index (χ1v) is 6.69. The van der Waals surface area contributed by atoms with Crippen LogP contribution in [0.4, 0.5) is 0 Å². The Bertz CT molecular complexity index is 354. The standard InChI is InChI=1S/C15H23NO.ClH/c1-3-9-16-10-5-7-14(12-16)13-6-4-8-15(11-13)17-2;/h4,6,8,11,14H,3,5,7,9-10,12H2,1-2H3;1H. The van der Waals surface area contributed by atoms with E-state index < -0.39 is 0 Å². The largest absolute Gasteiger partial charge is 0.497 e. The maximum atomic E-state index is 5.31. The van der Waals surface area contributed by atoms with Crippen LogP contribution < -0.4 is 4.74 Å². The summed E-state index contributed by atoms with van der Waals surface area (Å²) in [7, 11) is 1.74. The Hall–Kier alpha value is -0.730. The van der Waals surface area contributed by atoms with E-state index in [4.69, 9.17) is 4.74 Å². The number of hydrogen-bond acceptors (Lipinski definition) is 2. The summed E-state index contributed by atoms with van der Waals surface area (Å²) in [6.45, 7) is 5.98. The van der Waals surface area contributed by atoms with Crippen molar-refractivity contribution in [1.82, 2.24) is 4.90 Å². The summed E-state index contributed by atoms with van der Waals surface area (Å²) in [4.78, 5) is 2.59. The highest BCUT2D eigenvalue weighted by Gasteiger charge is 2.20. The van der Waals surface area contributed by atoms with Crippen molar-refractivity contribution in [3.63, 3.8) is 0 Å². The molecule has 3 heteroatoms. The molecule has 102 valence electrons. The number of nitrogens with zero attached hydrogens (tertiary/aromatic N) is 1. The summed E-state index contributed by atoms with van der Waals surface area (Å²) in [5.41, 5.74) is 1.44. The Kier molecular flexibility index (Phi) is 6.51. The van der Waals surface area contributed by atoms with E-state index in [1.807, 2.05) is 6.07 Å². The monoisotopic (exact) mass is 269 g/mol. The van der Waals surface area contributed by atoms with Crippen LogP contribution in [0.25, 0.3) is 0 Å². The molecule has 0 aromatic heterocycles. The molecule has 1 aliphatic heterocycles. The number of benzene rings is 1. The minimum Gasteiger partial charge on any atom is -0.497 e. The summed E-state index contributed by atoms with van der Waals surface area (Å²) in [6, 6.07) is 8.56. The van der Waals surface area contributed by atoms with Gasteiger partial charge in [0.25, 0.3) is 0 Å². The minimum absolute atomic E-state index is 0. The Morgan fingerprint density at radius 1 is 1.39 bits per heavy atom. The van der Waals surface area contributed by atoms with Crippen molar-refractivity contribution in [2.45, 2.75) is 32.1 Å². The number of hydrogen-bond donors (Lipinski definition) is 0. The molecule has 0 saturated carbocycles. The third-order valence-electron chi connectivity index (χ3n) is 3.61. The zero-order valence-electron chi connectivity index (χ0n) is 11.4. The van der Waals surface area contributed by atoms with E-state index in [9.17, 15) is 0 Å². The quantitative estimate of drug-likeness (QED) is 0.826. The molecule has 2 nitrogen and oxygen atoms in total. The summed E-state index contributed by atoms with van der Waals surface area (Å²) in [5, 5.41) is 0. The highest BCUT2D eigenvalue weighted by molar-refractivity contribution is 5.85. The van der Waals surface area contributed by atoms with Crippen molar-refractivity contribution in [2.24, 2.45) is 0 Å². The molecule has 0 amide bonds. The molecule has 18 heavy (non-hydrogen) atoms. The summed E-state index contributed by atoms with van der Waals surface area (Å²) >= 11 is 0. The molecule has 1 heterocycles. The second-order valence-electron chi connectivity index (χ2n) is 4.92. The van der Waals surface area contributed by atoms with Crippen molar-refractivity contribution in [3.8, 4) is 5.75 Å². The third-order valence-corrected chi connectivity index (χ3v) is 3.61. The van der Waals surface area contributed by atoms with E-state index >= 15 is 0 Å². The van der Waals surface area contributed by atoms with Crippen LogP contribution >= 0.6 is 12.4 Å². The lowest BCUT2D eigenvalue weighted by molar-refractivity contribution is 0.208. The average molecular weight is 270 g/mol. The van der Waals surface area contributed by atoms with Gasteiger partial charge in [-0.25, -0.2) is 0 Å². The molecule has 0 N–H and O–H groups in total. The summed E-state index contributed by atoms with van der Waals surface area (Å²) in [6.07, 6.45) is 3.89. The van der Waals surface area contributed by atoms with E-state index in [-0.39, 0.29) is 12.4 Å². The maximum Gasteiger partial charge on any atom is 0.119 e. The highest BCUT2D eigenvalue weighted by atomic mass is 35.5. The number of halogens is 1. The van der Waals surface area contributed by atoms with Crippen molar-refractivity contribution < 1.29 is 4.74 Å². The molecular formula is C15H24ClNO. The third kappa shape index (κ3) is 3.89. The molecular weight excluding hydrogens is 246 g/mol. The van der Waals surface area contributed by atoms with Gasteiger partial charge in [0.1, 0.15) is 5.75 Å². The van der Waals surface area contributed by atoms with Gasteiger partial charge < -0.3 is 9.64 Å². The Morgan fingerprint density at radius 3 is 2.94 bits per heavy atom. The molecule has 0 radical (unpaired) electrons. The number of piperidine rings is 1. The molecule has 0 aliphatic carbocycles. The Morgan fingerprint density at radius 2 is 2.22 bits per heavy atom. The van der Waals surface area contributed by atoms with Crippen LogP contribution in [-0.4, -0.2) is 31.6 Å². The molecule has 1 aliphatic rings. The van der Waals surface area contributed by atoms with Crippen LogP contribution in [0.3, 0.4) is 0 Å². The van der Waals surface area contributed by atoms with Gasteiger partial charge >= 0.3 is 0 Å². The fourth-order valence-corrected chi connectivity index (χ4v) is 2.74. The van der Waals surface area contributed by atoms with Crippen LogP contribution in [0.2, 0.25) is 0 Å². The van der Waals surface area contributed by atoms with Gasteiger partial charge in [0.2, 0.25) is 0 Å². The SMILES string of the molecule is CCCN1CCCC(c2cccc(OC)c2)C1.Cl. The lowest BCUT2D eigenvalue weighted by Crippen LogP contribution is -2.34. The number of methoxy groups -OCH3 is 1. The first kappa shape index (κ1) is 15.3. The first-order valence-electron chi connectivity index (χ1n) is 6.69. The van der Waals surface area contributed by atoms with Crippen molar-refractivity contribution in [1.29, 1.82) is 0 Å². The second kappa shape index (κ2) is 7.65. The molecule has 2 rings (SSSR count). The molecule has 1 fully saturated rings. The molecule has 0 spiro atoms. The van der Waals surface area contributed by atoms with Gasteiger partial charge in [-0.2, -0.15) is 0 Å². The van der Waals surface area contributed by atoms with Crippen molar-refractivity contribution in [3.05, 3.63) is 29.8 Å². The van der Waals surface area contributed by atoms with E-state index in [1.165, 1.54) is 44.5 Å². The Labute approximate surface area is 117 Å². The normalized spacial score (nSPS) is 20.2. The van der Waals surface area contributed by atoms with Gasteiger partial charge in [0.15, 0.2) is 0 Å². The van der Waals surface area contributed by atoms with Gasteiger partial charge in [-0.15, -0.1) is 12.4 Å². The summed E-state index contributed by atoms with van der Waals surface area (Å²) < 4.78 is 5.31. The zero-order valence-corrected chi connectivity index (χ0v) is 12.2. The van der Waals surface area contributed by atoms with E-state index in [1.54, 1.807) is 7.11 Å². The van der Waals surface area contributed by atoms with Gasteiger partial charge in [0, 0.05) is 6.54 Å². The molecule has 1 saturated heterocycles. The fourth-order valence-electron chi connectivity index (χ4n) is 2.74. The van der Waals surface area contributed by atoms with Crippen molar-refractivity contribution >= 4 is 12.4 Å². The van der Waals surface area contributed by atoms with Crippen LogP contribution in [0.15, 0.2) is 24.3 Å². The van der Waals surface area contributed by atoms with Crippen molar-refractivity contribution in [2.75, 3.05) is 26.7 Å². The zero-order chi connectivity index (χ0) is 12.1. The minimum atomic E-state index is 0. The predicted molar refractivity (Wildman–Crippen MR) is 78.9 cm³/mol. The van der Waals surface area contributed by atoms with Gasteiger partial charge in [-0.1, -0.05) is 19.1 Å². The molecule has 1 aromatic carbocycles. The van der Waals surface area contributed by atoms with Gasteiger partial charge in [-0.3, -0.25) is 0 Å². The lowest BCUT2D eigenvalue weighted by atomic mass is 9.90. The van der Waals surface area contributed by atoms with Crippen LogP contribution in [0.5, 0.6) is 5.75 Å². The van der Waals surface area contributed by atoms with E-state index in [0.29, 0.717) is 5.92 Å². The van der Waals surface area contributed by atoms with Crippen LogP contribution in [0, 0.1) is 0 Å². The topological polar surface area (TPSA) is 12.5 Å². The number of rotatable bonds is 4. The smallest absolute Gasteiger partial charge is 0.119 e. The molecule has 1 unspecified atom stereocenters.